The summed E-state index contributed by atoms with van der Waals surface area (Å²) in [5, 5.41) is 28.3. The van der Waals surface area contributed by atoms with Gasteiger partial charge in [-0.25, -0.2) is 4.79 Å². The topological polar surface area (TPSA) is 96.2 Å². The molecule has 1 aliphatic heterocycles. The van der Waals surface area contributed by atoms with Crippen LogP contribution < -0.4 is 4.74 Å². The zero-order valence-corrected chi connectivity index (χ0v) is 11.8. The second kappa shape index (κ2) is 5.66. The maximum atomic E-state index is 11.0. The highest BCUT2D eigenvalue weighted by Gasteiger charge is 2.39. The molecule has 0 amide bonds. The van der Waals surface area contributed by atoms with Crippen LogP contribution in [0, 0.1) is 3.57 Å². The van der Waals surface area contributed by atoms with Crippen LogP contribution >= 0.6 is 22.6 Å². The molecule has 6 nitrogen and oxygen atoms in total. The van der Waals surface area contributed by atoms with Crippen molar-refractivity contribution in [2.45, 2.75) is 12.2 Å². The Balaban J connectivity index is 1.96. The Kier molecular flexibility index (Phi) is 4.15. The molecular formula is C12H11IO6. The van der Waals surface area contributed by atoms with Gasteiger partial charge in [0.05, 0.1) is 0 Å². The molecular weight excluding hydrogens is 365 g/mol. The van der Waals surface area contributed by atoms with Crippen LogP contribution in [0.25, 0.3) is 0 Å². The summed E-state index contributed by atoms with van der Waals surface area (Å²) in [6, 6.07) is 7.15. The van der Waals surface area contributed by atoms with Crippen LogP contribution in [-0.2, 0) is 9.53 Å². The van der Waals surface area contributed by atoms with Crippen LogP contribution in [0.2, 0.25) is 0 Å². The van der Waals surface area contributed by atoms with E-state index >= 15 is 0 Å². The summed E-state index contributed by atoms with van der Waals surface area (Å²) < 4.78 is 10.9. The van der Waals surface area contributed by atoms with E-state index in [-0.39, 0.29) is 6.61 Å². The van der Waals surface area contributed by atoms with Gasteiger partial charge in [-0.1, -0.05) is 6.07 Å². The summed E-state index contributed by atoms with van der Waals surface area (Å²) in [7, 11) is 0. The van der Waals surface area contributed by atoms with E-state index < -0.39 is 29.7 Å². The summed E-state index contributed by atoms with van der Waals surface area (Å²) in [4.78, 5) is 11.0. The predicted octanol–water partition coefficient (Wildman–Crippen LogP) is 1.28. The SMILES string of the molecule is O=C1O[C@H]([C@@H](O)COc2cccc([125I])c2)C(O)=C1O. The number of esters is 1. The molecule has 2 rings (SSSR count). The van der Waals surface area contributed by atoms with Crippen LogP contribution in [0.1, 0.15) is 0 Å². The fourth-order valence-corrected chi connectivity index (χ4v) is 2.07. The van der Waals surface area contributed by atoms with E-state index in [1.54, 1.807) is 18.2 Å². The third-order valence-electron chi connectivity index (χ3n) is 2.51. The fourth-order valence-electron chi connectivity index (χ4n) is 1.55. The van der Waals surface area contributed by atoms with E-state index in [1.165, 1.54) is 0 Å². The third-order valence-corrected chi connectivity index (χ3v) is 3.18. The molecule has 2 atom stereocenters. The molecule has 1 aromatic carbocycles. The zero-order valence-electron chi connectivity index (χ0n) is 9.62. The molecule has 0 unspecified atom stereocenters. The van der Waals surface area contributed by atoms with Crippen molar-refractivity contribution < 1.29 is 29.6 Å². The van der Waals surface area contributed by atoms with Crippen molar-refractivity contribution >= 4 is 28.6 Å². The lowest BCUT2D eigenvalue weighted by Crippen LogP contribution is -2.33. The van der Waals surface area contributed by atoms with Gasteiger partial charge in [-0.15, -0.1) is 0 Å². The van der Waals surface area contributed by atoms with Crippen molar-refractivity contribution in [1.29, 1.82) is 0 Å². The molecule has 7 heteroatoms. The number of aliphatic hydroxyl groups is 3. The molecule has 1 heterocycles. The Labute approximate surface area is 122 Å². The lowest BCUT2D eigenvalue weighted by Gasteiger charge is -2.17. The van der Waals surface area contributed by atoms with Gasteiger partial charge in [-0.05, 0) is 40.8 Å². The number of aliphatic hydroxyl groups excluding tert-OH is 3. The van der Waals surface area contributed by atoms with Gasteiger partial charge < -0.3 is 24.8 Å². The van der Waals surface area contributed by atoms with Crippen molar-refractivity contribution in [2.24, 2.45) is 0 Å². The monoisotopic (exact) mass is 376 g/mol. The molecule has 102 valence electrons. The van der Waals surface area contributed by atoms with E-state index in [2.05, 4.69) is 27.3 Å². The average Bonchev–Trinajstić information content (AvgIpc) is 2.64. The van der Waals surface area contributed by atoms with Gasteiger partial charge >= 0.3 is 5.97 Å². The van der Waals surface area contributed by atoms with Gasteiger partial charge in [-0.3, -0.25) is 0 Å². The molecule has 0 bridgehead atoms. The Bertz CT molecular complexity index is 527. The molecule has 0 saturated heterocycles. The molecule has 1 aliphatic rings. The molecule has 0 radical (unpaired) electrons. The fraction of sp³-hybridized carbons (Fsp3) is 0.250. The summed E-state index contributed by atoms with van der Waals surface area (Å²) in [5.74, 6) is -2.07. The molecule has 0 spiro atoms. The highest BCUT2D eigenvalue weighted by atomic mass is 125. The lowest BCUT2D eigenvalue weighted by atomic mass is 10.2. The van der Waals surface area contributed by atoms with Crippen LogP contribution in [-0.4, -0.2) is 40.1 Å². The highest BCUT2D eigenvalue weighted by molar-refractivity contribution is 14.1. The van der Waals surface area contributed by atoms with E-state index in [9.17, 15) is 15.0 Å². The number of cyclic esters (lactones) is 1. The number of benzene rings is 1. The summed E-state index contributed by atoms with van der Waals surface area (Å²) >= 11 is 2.12. The smallest absolute Gasteiger partial charge is 0.377 e. The molecule has 0 aliphatic carbocycles. The van der Waals surface area contributed by atoms with E-state index in [4.69, 9.17) is 9.84 Å². The maximum absolute atomic E-state index is 11.0. The average molecular weight is 376 g/mol. The van der Waals surface area contributed by atoms with Crippen molar-refractivity contribution in [2.75, 3.05) is 6.61 Å². The lowest BCUT2D eigenvalue weighted by molar-refractivity contribution is -0.147. The second-order valence-corrected chi connectivity index (χ2v) is 5.14. The van der Waals surface area contributed by atoms with Gasteiger partial charge in [0.2, 0.25) is 5.76 Å². The van der Waals surface area contributed by atoms with Gasteiger partial charge in [0.25, 0.3) is 0 Å². The van der Waals surface area contributed by atoms with Crippen LogP contribution in [0.15, 0.2) is 35.8 Å². The zero-order chi connectivity index (χ0) is 14.0. The van der Waals surface area contributed by atoms with Gasteiger partial charge in [0, 0.05) is 3.57 Å². The number of rotatable bonds is 4. The Morgan fingerprint density at radius 2 is 2.16 bits per heavy atom. The number of halogens is 1. The van der Waals surface area contributed by atoms with Gasteiger partial charge in [-0.2, -0.15) is 0 Å². The first kappa shape index (κ1) is 13.9. The minimum absolute atomic E-state index is 0.185. The normalized spacial score (nSPS) is 20.3. The van der Waals surface area contributed by atoms with Crippen molar-refractivity contribution in [3.05, 3.63) is 39.4 Å². The van der Waals surface area contributed by atoms with E-state index in [0.29, 0.717) is 5.75 Å². The maximum Gasteiger partial charge on any atom is 0.377 e. The molecule has 0 aromatic heterocycles. The molecule has 1 aromatic rings. The van der Waals surface area contributed by atoms with Crippen molar-refractivity contribution in [3.8, 4) is 5.75 Å². The van der Waals surface area contributed by atoms with Crippen molar-refractivity contribution in [3.63, 3.8) is 0 Å². The quantitative estimate of drug-likeness (QED) is 0.542. The minimum atomic E-state index is -1.30. The van der Waals surface area contributed by atoms with Crippen LogP contribution in [0.4, 0.5) is 0 Å². The number of hydrogen-bond donors (Lipinski definition) is 3. The second-order valence-electron chi connectivity index (χ2n) is 3.90. The highest BCUT2D eigenvalue weighted by Crippen LogP contribution is 2.22. The van der Waals surface area contributed by atoms with E-state index in [0.717, 1.165) is 3.57 Å². The van der Waals surface area contributed by atoms with Gasteiger partial charge in [0.1, 0.15) is 18.5 Å². The van der Waals surface area contributed by atoms with E-state index in [1.807, 2.05) is 6.07 Å². The number of hydrogen-bond acceptors (Lipinski definition) is 6. The van der Waals surface area contributed by atoms with Crippen LogP contribution in [0.3, 0.4) is 0 Å². The Morgan fingerprint density at radius 3 is 2.74 bits per heavy atom. The molecule has 0 fully saturated rings. The Morgan fingerprint density at radius 1 is 1.42 bits per heavy atom. The minimum Gasteiger partial charge on any atom is -0.505 e. The van der Waals surface area contributed by atoms with Crippen LogP contribution in [0.5, 0.6) is 5.75 Å². The summed E-state index contributed by atoms with van der Waals surface area (Å²) in [5.41, 5.74) is 0. The predicted molar refractivity (Wildman–Crippen MR) is 72.8 cm³/mol. The number of carbonyl (C=O) groups is 1. The first-order valence-corrected chi connectivity index (χ1v) is 6.46. The Hall–Kier alpha value is -1.48. The summed E-state index contributed by atoms with van der Waals surface area (Å²) in [6.07, 6.45) is -2.57. The van der Waals surface area contributed by atoms with Crippen molar-refractivity contribution in [1.82, 2.24) is 0 Å². The number of ether oxygens (including phenoxy) is 2. The molecule has 19 heavy (non-hydrogen) atoms. The summed E-state index contributed by atoms with van der Waals surface area (Å²) in [6.45, 7) is -0.185. The standard InChI is InChI=1S/C12H11IO6/c13-6-2-1-3-7(4-6)18-5-8(14)11-9(15)10(16)12(17)19-11/h1-4,8,11,14-16H,5H2/t8-,11+/m0/s1/i13-2. The molecule has 3 N–H and O–H groups in total. The van der Waals surface area contributed by atoms with Gasteiger partial charge in [0.15, 0.2) is 11.9 Å². The molecule has 0 saturated carbocycles. The first-order chi connectivity index (χ1) is 8.99. The first-order valence-electron chi connectivity index (χ1n) is 5.38. The number of carbonyl (C=O) groups excluding carboxylic acids is 1. The largest absolute Gasteiger partial charge is 0.505 e. The third kappa shape index (κ3) is 3.10.